The summed E-state index contributed by atoms with van der Waals surface area (Å²) >= 11 is 11.7. The number of terminal acetylenes is 1. The van der Waals surface area contributed by atoms with Gasteiger partial charge in [0.05, 0.1) is 96.6 Å². The highest BCUT2D eigenvalue weighted by Gasteiger charge is 2.16. The molecule has 0 aliphatic carbocycles. The fourth-order valence-corrected chi connectivity index (χ4v) is 13.3. The second kappa shape index (κ2) is 58.2. The van der Waals surface area contributed by atoms with Gasteiger partial charge in [0, 0.05) is 129 Å². The number of carbonyl (C=O) groups is 1. The molecule has 0 saturated carbocycles. The van der Waals surface area contributed by atoms with E-state index in [0.717, 1.165) is 72.9 Å². The van der Waals surface area contributed by atoms with Gasteiger partial charge in [0.1, 0.15) is 63.4 Å². The Labute approximate surface area is 873 Å². The van der Waals surface area contributed by atoms with E-state index in [1.807, 2.05) is 189 Å². The van der Waals surface area contributed by atoms with Gasteiger partial charge in [-0.3, -0.25) is 50.1 Å². The average molecular weight is 2040 g/mol. The summed E-state index contributed by atoms with van der Waals surface area (Å²) in [6, 6.07) is 90.9. The van der Waals surface area contributed by atoms with Crippen molar-refractivity contribution in [2.24, 2.45) is 39.9 Å². The number of phenols is 8. The molecule has 0 radical (unpaired) electrons. The maximum absolute atomic E-state index is 13.3. The molecule has 149 heavy (non-hydrogen) atoms. The number of esters is 1. The highest BCUT2D eigenvalue weighted by atomic mass is 35.5. The predicted octanol–water partition coefficient (Wildman–Crippen LogP) is 28.9. The normalized spacial score (nSPS) is 10.8. The maximum Gasteiger partial charge on any atom is 0.337 e. The highest BCUT2D eigenvalue weighted by Crippen LogP contribution is 2.42. The highest BCUT2D eigenvalue weighted by molar-refractivity contribution is 6.33. The first kappa shape index (κ1) is 114. The summed E-state index contributed by atoms with van der Waals surface area (Å²) in [5.41, 5.74) is 19.8. The monoisotopic (exact) mass is 2040 g/mol. The van der Waals surface area contributed by atoms with Gasteiger partial charge in [-0.05, 0) is 286 Å². The first-order valence-electron chi connectivity index (χ1n) is 45.6. The molecule has 25 nitrogen and oxygen atoms in total. The van der Waals surface area contributed by atoms with Crippen LogP contribution < -0.4 is 18.9 Å². The molecule has 29 heteroatoms. The third kappa shape index (κ3) is 37.9. The molecule has 16 aromatic carbocycles. The van der Waals surface area contributed by atoms with Gasteiger partial charge in [-0.2, -0.15) is 0 Å². The van der Waals surface area contributed by atoms with E-state index in [0.29, 0.717) is 95.1 Å². The first-order chi connectivity index (χ1) is 71.5. The number of nitro groups is 1. The van der Waals surface area contributed by atoms with E-state index in [4.69, 9.17) is 48.6 Å². The van der Waals surface area contributed by atoms with Gasteiger partial charge in [0.2, 0.25) is 5.75 Å². The number of nitrogens with zero attached hydrogens (tertiary/aromatic N) is 9. The van der Waals surface area contributed by atoms with Crippen LogP contribution in [0.15, 0.2) is 361 Å². The molecule has 0 amide bonds. The van der Waals surface area contributed by atoms with Crippen molar-refractivity contribution in [1.29, 1.82) is 0 Å². The zero-order valence-corrected chi connectivity index (χ0v) is 85.2. The lowest BCUT2D eigenvalue weighted by molar-refractivity contribution is -0.384. The number of non-ortho nitro benzene ring substituents is 1. The Hall–Kier alpha value is -18.7. The molecule has 0 spiro atoms. The Balaban J connectivity index is 0.000000189. The zero-order valence-electron chi connectivity index (χ0n) is 83.7. The fraction of sp³-hybridized carbons (Fsp3) is 0.108. The number of methoxy groups -OCH3 is 5. The summed E-state index contributed by atoms with van der Waals surface area (Å²) < 4.78 is 51.5. The third-order valence-corrected chi connectivity index (χ3v) is 21.5. The van der Waals surface area contributed by atoms with Crippen molar-refractivity contribution in [1.82, 2.24) is 0 Å². The van der Waals surface area contributed by atoms with Crippen LogP contribution in [0.25, 0.3) is 0 Å². The largest absolute Gasteiger partial charge is 0.507 e. The molecule has 16 aromatic rings. The minimum atomic E-state index is -0.522. The van der Waals surface area contributed by atoms with Crippen LogP contribution in [0.1, 0.15) is 105 Å². The number of nitro benzene ring substituents is 1. The summed E-state index contributed by atoms with van der Waals surface area (Å²) in [5, 5.41) is 88.9. The van der Waals surface area contributed by atoms with Crippen LogP contribution in [0.2, 0.25) is 10.0 Å². The van der Waals surface area contributed by atoms with Gasteiger partial charge in [0.25, 0.3) is 5.69 Å². The van der Waals surface area contributed by atoms with Crippen molar-refractivity contribution < 1.29 is 83.0 Å². The maximum atomic E-state index is 13.3. The lowest BCUT2D eigenvalue weighted by atomic mass is 10.1. The summed E-state index contributed by atoms with van der Waals surface area (Å²) in [6.45, 7) is 15.6. The number of ether oxygens (including phenoxy) is 5. The molecule has 0 aliphatic rings. The molecule has 0 heterocycles. The minimum absolute atomic E-state index is 0.0904. The molecular formula is C120H109Cl2F2N9O16. The Kier molecular flexibility index (Phi) is 44.5. The Morgan fingerprint density at radius 3 is 0.960 bits per heavy atom. The lowest BCUT2D eigenvalue weighted by Gasteiger charge is -2.12. The van der Waals surface area contributed by atoms with E-state index < -0.39 is 4.92 Å². The van der Waals surface area contributed by atoms with Crippen molar-refractivity contribution in [2.45, 2.75) is 55.4 Å². The van der Waals surface area contributed by atoms with E-state index in [1.54, 1.807) is 217 Å². The molecule has 0 unspecified atom stereocenters. The van der Waals surface area contributed by atoms with E-state index in [2.05, 4.69) is 50.6 Å². The molecule has 0 fully saturated rings. The van der Waals surface area contributed by atoms with Gasteiger partial charge >= 0.3 is 5.97 Å². The average Bonchev–Trinajstić information content (AvgIpc) is 0.820. The number of halogens is 4. The Morgan fingerprint density at radius 2 is 0.644 bits per heavy atom. The quantitative estimate of drug-likeness (QED) is 0.0103. The van der Waals surface area contributed by atoms with E-state index in [-0.39, 0.29) is 80.0 Å². The van der Waals surface area contributed by atoms with Crippen LogP contribution >= 0.6 is 23.2 Å². The second-order valence-corrected chi connectivity index (χ2v) is 33.5. The molecule has 16 rings (SSSR count). The van der Waals surface area contributed by atoms with Crippen molar-refractivity contribution in [3.63, 3.8) is 0 Å². The van der Waals surface area contributed by atoms with E-state index >= 15 is 0 Å². The number of aromatic hydroxyl groups is 8. The number of aryl methyl sites for hydroxylation is 8. The van der Waals surface area contributed by atoms with Gasteiger partial charge in [0.15, 0.2) is 11.5 Å². The van der Waals surface area contributed by atoms with Crippen LogP contribution in [-0.2, 0) is 4.74 Å². The van der Waals surface area contributed by atoms with Crippen LogP contribution in [0.5, 0.6) is 69.0 Å². The number of phenolic OH excluding ortho intramolecular Hbond substituents is 8. The fourth-order valence-electron chi connectivity index (χ4n) is 13.0. The van der Waals surface area contributed by atoms with E-state index in [9.17, 15) is 64.5 Å². The standard InChI is InChI=1S/C17H19NO4.C16H15NO3.C16H13NO.C15H15NO2.C14H11ClN2O3.C14H12ClNO.2C14H12FNO/c1-11-5-6-14(19)12(7-11)10-18-13-8-15(20-2)17(22-4)16(9-13)21-3;1-11-3-8-15(18)13(9-11)10-17-14-6-4-12(5-7-14)16(19)20-2;1-3-13-5-4-6-15(10-13)17-11-14-9-12(2)7-8-16(14)18;1-11-3-8-15(17)12(9-11)10-16-13-4-6-14(18-2)7-5-13;1-9-2-5-14(18)10(6-9)8-16-13-4-3-11(17(19)20)7-12(13)15;2*1-10-2-7-14(17)11(8-10)9-16-13-5-3-12(15)4-6-13;1-10-6-7-14(17)11(8-10)9-16-13-5-3-2-4-12(13)15/h5-10,19H,1-4H3;3-10,18H,1-2H3;1,4-11,18H,2H3;3-10,17H,1-2H3;2-8,18H,1H3;3*2-9,17H,1H3. The summed E-state index contributed by atoms with van der Waals surface area (Å²) in [4.78, 5) is 55.2. The van der Waals surface area contributed by atoms with Crippen LogP contribution in [0.4, 0.5) is 60.0 Å². The molecule has 0 atom stereocenters. The number of hydrogen-bond acceptors (Lipinski definition) is 24. The molecular weight excluding hydrogens is 1930 g/mol. The van der Waals surface area contributed by atoms with Gasteiger partial charge in [-0.25, -0.2) is 13.6 Å². The number of hydrogen-bond donors (Lipinski definition) is 8. The second-order valence-electron chi connectivity index (χ2n) is 32.7. The first-order valence-corrected chi connectivity index (χ1v) is 46.3. The van der Waals surface area contributed by atoms with Crippen LogP contribution in [0.3, 0.4) is 0 Å². The van der Waals surface area contributed by atoms with Gasteiger partial charge in [-0.15, -0.1) is 6.42 Å². The summed E-state index contributed by atoms with van der Waals surface area (Å²) in [5.74, 6) is 5.37. The molecule has 8 N–H and O–H groups in total. The third-order valence-electron chi connectivity index (χ3n) is 20.9. The topological polar surface area (TPSA) is 367 Å². The lowest BCUT2D eigenvalue weighted by Crippen LogP contribution is -1.99. The Bertz CT molecular complexity index is 7440. The van der Waals surface area contributed by atoms with Crippen molar-refractivity contribution in [3.8, 4) is 81.3 Å². The Morgan fingerprint density at radius 1 is 0.329 bits per heavy atom. The summed E-state index contributed by atoms with van der Waals surface area (Å²) in [6.07, 6.45) is 18.0. The number of para-hydroxylation sites is 1. The molecule has 0 aromatic heterocycles. The zero-order chi connectivity index (χ0) is 108. The van der Waals surface area contributed by atoms with Crippen molar-refractivity contribution >= 4 is 130 Å². The molecule has 0 bridgehead atoms. The number of rotatable bonds is 22. The molecule has 0 saturated heterocycles. The van der Waals surface area contributed by atoms with Crippen LogP contribution in [-0.4, -0.2) is 137 Å². The number of carbonyl (C=O) groups excluding carboxylic acids is 1. The van der Waals surface area contributed by atoms with E-state index in [1.165, 1.54) is 55.9 Å². The smallest absolute Gasteiger partial charge is 0.337 e. The SMILES string of the molecule is C#Cc1cccc(N=Cc2cc(C)ccc2O)c1.COC(=O)c1ccc(N=Cc2cc(C)ccc2O)cc1.COc1cc(N=Cc2cc(C)ccc2O)cc(OC)c1OC.COc1ccc(N=Cc2cc(C)ccc2O)cc1.Cc1ccc(O)c(C=Nc2ccc(Cl)cc2)c1.Cc1ccc(O)c(C=Nc2ccc(F)cc2)c1.Cc1ccc(O)c(C=Nc2ccc([N+](=O)[O-])cc2Cl)c1.Cc1ccc(O)c(C=Nc2ccccc2F)c1. The summed E-state index contributed by atoms with van der Waals surface area (Å²) in [7, 11) is 7.63. The molecule has 758 valence electrons. The van der Waals surface area contributed by atoms with Gasteiger partial charge < -0.3 is 64.5 Å². The number of aliphatic imine (C=N–C) groups is 8. The minimum Gasteiger partial charge on any atom is -0.507 e. The molecule has 0 aliphatic heterocycles. The van der Waals surface area contributed by atoms with Crippen molar-refractivity contribution in [3.05, 3.63) is 453 Å². The number of benzene rings is 16. The predicted molar refractivity (Wildman–Crippen MR) is 594 cm³/mol. The van der Waals surface area contributed by atoms with Crippen LogP contribution in [0, 0.1) is 89.5 Å². The van der Waals surface area contributed by atoms with Gasteiger partial charge in [-0.1, -0.05) is 140 Å². The van der Waals surface area contributed by atoms with Crippen molar-refractivity contribution in [2.75, 3.05) is 35.5 Å².